The lowest BCUT2D eigenvalue weighted by molar-refractivity contribution is -0.144. The maximum Gasteiger partial charge on any atom is 0.407 e. The van der Waals surface area contributed by atoms with Crippen LogP contribution < -0.4 is 37.2 Å². The SMILES string of the molecule is CCCCCCCCCCCC(=O)NCCCCCCNC(=O)C(CCC(=O)OCCCC)NC(=O)C(CCCCNC(=O)OC(C)(C)C)NC(=O)C(CCCCNC(=O)OC(C)(C)C)NC(=O)OCC1c2ccccc2-c2ccccc21. The largest absolute Gasteiger partial charge is 0.466 e. The van der Waals surface area contributed by atoms with Gasteiger partial charge in [0.2, 0.25) is 23.6 Å². The van der Waals surface area contributed by atoms with Crippen molar-refractivity contribution in [3.63, 3.8) is 0 Å². The van der Waals surface area contributed by atoms with Crippen molar-refractivity contribution in [2.24, 2.45) is 0 Å². The Balaban J connectivity index is 1.72. The second kappa shape index (κ2) is 40.0. The van der Waals surface area contributed by atoms with Crippen LogP contribution in [0.4, 0.5) is 14.4 Å². The number of ether oxygens (including phenoxy) is 4. The maximum atomic E-state index is 14.5. The average molecular weight is 1160 g/mol. The van der Waals surface area contributed by atoms with Gasteiger partial charge in [-0.2, -0.15) is 0 Å². The molecule has 3 unspecified atom stereocenters. The van der Waals surface area contributed by atoms with E-state index >= 15 is 0 Å². The molecule has 1 aliphatic rings. The summed E-state index contributed by atoms with van der Waals surface area (Å²) in [4.78, 5) is 107. The first-order chi connectivity index (χ1) is 39.7. The lowest BCUT2D eigenvalue weighted by Gasteiger charge is -2.26. The summed E-state index contributed by atoms with van der Waals surface area (Å²) in [6, 6.07) is 12.2. The van der Waals surface area contributed by atoms with Crippen molar-refractivity contribution in [3.05, 3.63) is 59.7 Å². The van der Waals surface area contributed by atoms with E-state index < -0.39 is 71.3 Å². The molecule has 1 aliphatic carbocycles. The van der Waals surface area contributed by atoms with Gasteiger partial charge in [0, 0.05) is 44.9 Å². The number of alkyl carbamates (subject to hydrolysis) is 3. The van der Waals surface area contributed by atoms with E-state index in [0.717, 1.165) is 60.8 Å². The topological polar surface area (TPSA) is 258 Å². The van der Waals surface area contributed by atoms with Crippen LogP contribution in [-0.2, 0) is 42.9 Å². The summed E-state index contributed by atoms with van der Waals surface area (Å²) in [6.45, 7) is 16.3. The molecule has 0 saturated carbocycles. The van der Waals surface area contributed by atoms with Crippen LogP contribution in [0.5, 0.6) is 0 Å². The van der Waals surface area contributed by atoms with Crippen LogP contribution >= 0.6 is 0 Å². The second-order valence-corrected chi connectivity index (χ2v) is 23.7. The molecule has 3 atom stereocenters. The van der Waals surface area contributed by atoms with E-state index in [1.165, 1.54) is 44.9 Å². The molecule has 2 aromatic rings. The van der Waals surface area contributed by atoms with Gasteiger partial charge in [-0.15, -0.1) is 0 Å². The fourth-order valence-electron chi connectivity index (χ4n) is 9.61. The molecule has 0 fully saturated rings. The molecular weight excluding hydrogens is 1060 g/mol. The molecule has 0 aromatic heterocycles. The molecule has 2 aromatic carbocycles. The van der Waals surface area contributed by atoms with Crippen LogP contribution in [0, 0.1) is 0 Å². The number of esters is 1. The van der Waals surface area contributed by atoms with Crippen molar-refractivity contribution in [1.82, 2.24) is 37.2 Å². The molecule has 19 heteroatoms. The van der Waals surface area contributed by atoms with Crippen molar-refractivity contribution in [1.29, 1.82) is 0 Å². The number of nitrogens with one attached hydrogen (secondary N) is 7. The summed E-state index contributed by atoms with van der Waals surface area (Å²) in [5, 5.41) is 19.7. The normalized spacial score (nSPS) is 13.0. The first-order valence-corrected chi connectivity index (χ1v) is 31.1. The number of fused-ring (bicyclic) bond motifs is 3. The lowest BCUT2D eigenvalue weighted by atomic mass is 9.98. The molecule has 0 spiro atoms. The van der Waals surface area contributed by atoms with E-state index in [9.17, 15) is 38.4 Å². The van der Waals surface area contributed by atoms with Gasteiger partial charge in [-0.25, -0.2) is 14.4 Å². The highest BCUT2D eigenvalue weighted by Gasteiger charge is 2.33. The summed E-state index contributed by atoms with van der Waals surface area (Å²) in [6.07, 6.45) is 15.3. The molecule has 3 rings (SSSR count). The highest BCUT2D eigenvalue weighted by Crippen LogP contribution is 2.44. The Morgan fingerprint density at radius 1 is 0.434 bits per heavy atom. The highest BCUT2D eigenvalue weighted by molar-refractivity contribution is 5.94. The minimum atomic E-state index is -1.23. The van der Waals surface area contributed by atoms with Crippen LogP contribution in [-0.4, -0.2) is 117 Å². The Bertz CT molecular complexity index is 2240. The Labute approximate surface area is 495 Å². The predicted molar refractivity (Wildman–Crippen MR) is 323 cm³/mol. The molecule has 0 aliphatic heterocycles. The number of carbonyl (C=O) groups excluding carboxylic acids is 8. The summed E-state index contributed by atoms with van der Waals surface area (Å²) in [5.74, 6) is -2.58. The minimum absolute atomic E-state index is 0.00881. The van der Waals surface area contributed by atoms with E-state index in [2.05, 4.69) is 44.1 Å². The summed E-state index contributed by atoms with van der Waals surface area (Å²) >= 11 is 0. The number of rotatable bonds is 41. The van der Waals surface area contributed by atoms with Gasteiger partial charge in [0.15, 0.2) is 0 Å². The summed E-state index contributed by atoms with van der Waals surface area (Å²) < 4.78 is 22.0. The first kappa shape index (κ1) is 70.9. The van der Waals surface area contributed by atoms with Gasteiger partial charge < -0.3 is 56.2 Å². The van der Waals surface area contributed by atoms with Gasteiger partial charge in [-0.3, -0.25) is 24.0 Å². The molecule has 0 radical (unpaired) electrons. The third-order valence-electron chi connectivity index (χ3n) is 14.0. The minimum Gasteiger partial charge on any atom is -0.466 e. The average Bonchev–Trinajstić information content (AvgIpc) is 3.97. The molecule has 7 N–H and O–H groups in total. The highest BCUT2D eigenvalue weighted by atomic mass is 16.6. The number of carbonyl (C=O) groups is 8. The van der Waals surface area contributed by atoms with Gasteiger partial charge in [0.25, 0.3) is 0 Å². The van der Waals surface area contributed by atoms with Gasteiger partial charge in [-0.05, 0) is 134 Å². The monoisotopic (exact) mass is 1160 g/mol. The van der Waals surface area contributed by atoms with Crippen LogP contribution in [0.1, 0.15) is 227 Å². The van der Waals surface area contributed by atoms with E-state index in [4.69, 9.17) is 18.9 Å². The third kappa shape index (κ3) is 31.2. The molecule has 7 amide bonds. The molecule has 0 heterocycles. The molecule has 0 saturated heterocycles. The van der Waals surface area contributed by atoms with Gasteiger partial charge in [0.1, 0.15) is 35.9 Å². The van der Waals surface area contributed by atoms with Gasteiger partial charge >= 0.3 is 24.2 Å². The third-order valence-corrected chi connectivity index (χ3v) is 14.0. The van der Waals surface area contributed by atoms with Crippen LogP contribution in [0.15, 0.2) is 48.5 Å². The van der Waals surface area contributed by atoms with Crippen molar-refractivity contribution in [3.8, 4) is 11.1 Å². The summed E-state index contributed by atoms with van der Waals surface area (Å²) in [5.41, 5.74) is 2.71. The van der Waals surface area contributed by atoms with E-state index in [1.54, 1.807) is 41.5 Å². The van der Waals surface area contributed by atoms with Crippen LogP contribution in [0.25, 0.3) is 11.1 Å². The van der Waals surface area contributed by atoms with Crippen molar-refractivity contribution < 1.29 is 57.3 Å². The number of amides is 7. The fraction of sp³-hybridized carbons (Fsp3) is 0.688. The van der Waals surface area contributed by atoms with Crippen molar-refractivity contribution in [2.45, 2.75) is 245 Å². The first-order valence-electron chi connectivity index (χ1n) is 31.1. The predicted octanol–water partition coefficient (Wildman–Crippen LogP) is 11.1. The second-order valence-electron chi connectivity index (χ2n) is 23.7. The fourth-order valence-corrected chi connectivity index (χ4v) is 9.61. The van der Waals surface area contributed by atoms with Crippen molar-refractivity contribution in [2.75, 3.05) is 39.4 Å². The Hall–Kier alpha value is -6.40. The van der Waals surface area contributed by atoms with Crippen LogP contribution in [0.2, 0.25) is 0 Å². The Kier molecular flexibility index (Phi) is 34.1. The zero-order chi connectivity index (χ0) is 60.9. The number of unbranched alkanes of at least 4 members (excludes halogenated alkanes) is 14. The van der Waals surface area contributed by atoms with Gasteiger partial charge in [0.05, 0.1) is 6.61 Å². The standard InChI is InChI=1S/C64H103N7O12/c1-9-11-13-14-15-16-17-18-21-38-55(72)65-41-28-19-20-29-42-66-57(74)54(39-40-56(73)80-45-12-10-2)70-58(75)52(36-26-30-43-67-60(77)82-63(3,4)5)69-59(76)53(37-27-31-44-68-61(78)83-64(6,7)8)71-62(79)81-46-51-49-34-24-22-32-47(49)48-33-23-25-35-50(48)51/h22-25,32-35,51-54H,9-21,26-31,36-46H2,1-8H3,(H,65,72)(H,66,74)(H,67,77)(H,68,78)(H,69,76)(H,70,75)(H,71,79). The van der Waals surface area contributed by atoms with Crippen molar-refractivity contribution >= 4 is 47.9 Å². The zero-order valence-electron chi connectivity index (χ0n) is 51.5. The maximum absolute atomic E-state index is 14.5. The number of benzene rings is 2. The molecule has 19 nitrogen and oxygen atoms in total. The zero-order valence-corrected chi connectivity index (χ0v) is 51.5. The van der Waals surface area contributed by atoms with E-state index in [0.29, 0.717) is 58.0 Å². The molecule has 83 heavy (non-hydrogen) atoms. The molecular formula is C64H103N7O12. The van der Waals surface area contributed by atoms with Crippen LogP contribution in [0.3, 0.4) is 0 Å². The number of hydrogen-bond acceptors (Lipinski definition) is 12. The van der Waals surface area contributed by atoms with E-state index in [-0.39, 0.29) is 63.8 Å². The Morgan fingerprint density at radius 3 is 1.39 bits per heavy atom. The lowest BCUT2D eigenvalue weighted by Crippen LogP contribution is -2.57. The van der Waals surface area contributed by atoms with Gasteiger partial charge in [-0.1, -0.05) is 133 Å². The Morgan fingerprint density at radius 2 is 0.867 bits per heavy atom. The number of hydrogen-bond donors (Lipinski definition) is 7. The summed E-state index contributed by atoms with van der Waals surface area (Å²) in [7, 11) is 0. The van der Waals surface area contributed by atoms with E-state index in [1.807, 2.05) is 55.5 Å². The smallest absolute Gasteiger partial charge is 0.407 e. The molecule has 0 bridgehead atoms. The molecule has 466 valence electrons. The quantitative estimate of drug-likeness (QED) is 0.0186.